The van der Waals surface area contributed by atoms with E-state index < -0.39 is 11.5 Å². The van der Waals surface area contributed by atoms with Crippen molar-refractivity contribution in [1.29, 1.82) is 0 Å². The van der Waals surface area contributed by atoms with Crippen molar-refractivity contribution in [3.8, 4) is 0 Å². The number of nitrogens with one attached hydrogen (secondary N) is 1. The Morgan fingerprint density at radius 1 is 1.54 bits per heavy atom. The third-order valence-electron chi connectivity index (χ3n) is 2.24. The Bertz CT molecular complexity index is 328. The van der Waals surface area contributed by atoms with Crippen LogP contribution in [0.15, 0.2) is 10.7 Å². The van der Waals surface area contributed by atoms with Gasteiger partial charge in [0.05, 0.1) is 21.9 Å². The second-order valence-electron chi connectivity index (χ2n) is 3.46. The lowest BCUT2D eigenvalue weighted by Gasteiger charge is -2.43. The Labute approximate surface area is 81.8 Å². The lowest BCUT2D eigenvalue weighted by molar-refractivity contribution is -0.126. The zero-order valence-corrected chi connectivity index (χ0v) is 8.24. The number of nitrogens with zero attached hydrogens (tertiary/aromatic N) is 1. The number of alkyl halides is 2. The van der Waals surface area contributed by atoms with E-state index in [4.69, 9.17) is 5.73 Å². The number of hydrogen-bond acceptors (Lipinski definition) is 2. The third-order valence-corrected chi connectivity index (χ3v) is 2.84. The molecule has 72 valence electrons. The van der Waals surface area contributed by atoms with E-state index in [-0.39, 0.29) is 12.8 Å². The highest BCUT2D eigenvalue weighted by atomic mass is 79.9. The number of nitrogens with two attached hydrogens (primary N) is 1. The highest BCUT2D eigenvalue weighted by Gasteiger charge is 2.56. The fraction of sp³-hybridized carbons (Fsp3) is 0.571. The first-order chi connectivity index (χ1) is 5.93. The molecule has 1 heterocycles. The molecule has 0 spiro atoms. The van der Waals surface area contributed by atoms with Crippen molar-refractivity contribution >= 4 is 15.9 Å². The molecule has 0 amide bonds. The minimum Gasteiger partial charge on any atom is -0.320 e. The van der Waals surface area contributed by atoms with Gasteiger partial charge in [-0.05, 0) is 15.9 Å². The zero-order chi connectivity index (χ0) is 9.69. The van der Waals surface area contributed by atoms with Gasteiger partial charge in [-0.3, -0.25) is 5.10 Å². The first-order valence-corrected chi connectivity index (χ1v) is 4.58. The van der Waals surface area contributed by atoms with Crippen molar-refractivity contribution in [2.24, 2.45) is 5.73 Å². The fourth-order valence-electron chi connectivity index (χ4n) is 1.67. The molecule has 0 unspecified atom stereocenters. The largest absolute Gasteiger partial charge is 0.320 e. The van der Waals surface area contributed by atoms with Crippen LogP contribution in [0.25, 0.3) is 0 Å². The Morgan fingerprint density at radius 3 is 2.54 bits per heavy atom. The number of halogens is 3. The normalized spacial score (nSPS) is 24.0. The van der Waals surface area contributed by atoms with E-state index in [0.29, 0.717) is 10.2 Å². The molecule has 3 N–H and O–H groups in total. The molecular formula is C7H8BrF2N3. The summed E-state index contributed by atoms with van der Waals surface area (Å²) in [5.74, 6) is -2.63. The van der Waals surface area contributed by atoms with Gasteiger partial charge in [0.2, 0.25) is 0 Å². The molecule has 0 radical (unpaired) electrons. The number of rotatable bonds is 1. The molecule has 3 nitrogen and oxygen atoms in total. The summed E-state index contributed by atoms with van der Waals surface area (Å²) in [4.78, 5) is 0. The minimum atomic E-state index is -2.63. The summed E-state index contributed by atoms with van der Waals surface area (Å²) < 4.78 is 25.9. The van der Waals surface area contributed by atoms with Crippen LogP contribution in [-0.2, 0) is 5.54 Å². The smallest absolute Gasteiger partial charge is 0.252 e. The van der Waals surface area contributed by atoms with Crippen LogP contribution in [0.4, 0.5) is 8.78 Å². The van der Waals surface area contributed by atoms with Crippen molar-refractivity contribution in [2.45, 2.75) is 24.3 Å². The lowest BCUT2D eigenvalue weighted by atomic mass is 9.72. The van der Waals surface area contributed by atoms with E-state index in [1.165, 1.54) is 6.20 Å². The Hall–Kier alpha value is -0.490. The second kappa shape index (κ2) is 2.51. The minimum absolute atomic E-state index is 0.319. The topological polar surface area (TPSA) is 54.7 Å². The maximum Gasteiger partial charge on any atom is 0.252 e. The zero-order valence-electron chi connectivity index (χ0n) is 6.65. The first kappa shape index (κ1) is 9.08. The molecule has 1 aliphatic rings. The number of H-pyrrole nitrogens is 1. The quantitative estimate of drug-likeness (QED) is 0.800. The van der Waals surface area contributed by atoms with E-state index in [2.05, 4.69) is 26.1 Å². The molecule has 0 atom stereocenters. The Morgan fingerprint density at radius 2 is 2.15 bits per heavy atom. The molecule has 1 aromatic rings. The number of aromatic nitrogens is 2. The van der Waals surface area contributed by atoms with Gasteiger partial charge in [0.15, 0.2) is 0 Å². The summed E-state index contributed by atoms with van der Waals surface area (Å²) in [5, 5.41) is 6.35. The Kier molecular flexibility index (Phi) is 1.75. The van der Waals surface area contributed by atoms with E-state index in [9.17, 15) is 8.78 Å². The number of hydrogen-bond donors (Lipinski definition) is 2. The van der Waals surface area contributed by atoms with Crippen molar-refractivity contribution in [3.63, 3.8) is 0 Å². The monoisotopic (exact) mass is 251 g/mol. The maximum atomic E-state index is 12.6. The van der Waals surface area contributed by atoms with Crippen LogP contribution in [0.3, 0.4) is 0 Å². The van der Waals surface area contributed by atoms with Crippen LogP contribution in [-0.4, -0.2) is 16.1 Å². The molecule has 1 saturated carbocycles. The highest BCUT2D eigenvalue weighted by Crippen LogP contribution is 2.50. The van der Waals surface area contributed by atoms with Gasteiger partial charge in [0.1, 0.15) is 0 Å². The van der Waals surface area contributed by atoms with E-state index in [1.54, 1.807) is 0 Å². The van der Waals surface area contributed by atoms with Gasteiger partial charge < -0.3 is 5.73 Å². The highest BCUT2D eigenvalue weighted by molar-refractivity contribution is 9.10. The van der Waals surface area contributed by atoms with Gasteiger partial charge in [0, 0.05) is 12.8 Å². The molecule has 0 saturated heterocycles. The van der Waals surface area contributed by atoms with Crippen LogP contribution in [0.1, 0.15) is 18.5 Å². The predicted molar refractivity (Wildman–Crippen MR) is 46.3 cm³/mol. The molecule has 1 fully saturated rings. The fourth-order valence-corrected chi connectivity index (χ4v) is 2.25. The van der Waals surface area contributed by atoms with Gasteiger partial charge in [-0.1, -0.05) is 0 Å². The average Bonchev–Trinajstić information content (AvgIpc) is 2.30. The van der Waals surface area contributed by atoms with Crippen LogP contribution >= 0.6 is 15.9 Å². The van der Waals surface area contributed by atoms with Crippen molar-refractivity contribution < 1.29 is 8.78 Å². The molecule has 13 heavy (non-hydrogen) atoms. The lowest BCUT2D eigenvalue weighted by Crippen LogP contribution is -2.55. The van der Waals surface area contributed by atoms with Crippen LogP contribution < -0.4 is 5.73 Å². The predicted octanol–water partition coefficient (Wildman–Crippen LogP) is 1.76. The van der Waals surface area contributed by atoms with Gasteiger partial charge in [0.25, 0.3) is 5.92 Å². The average molecular weight is 252 g/mol. The van der Waals surface area contributed by atoms with Gasteiger partial charge in [-0.15, -0.1) is 0 Å². The Balaban J connectivity index is 2.25. The second-order valence-corrected chi connectivity index (χ2v) is 4.31. The summed E-state index contributed by atoms with van der Waals surface area (Å²) in [6, 6.07) is 0. The standard InChI is InChI=1S/C7H8BrF2N3/c8-4-1-12-13-5(4)6(11)2-7(9,10)3-6/h1H,2-3,11H2,(H,12,13). The third kappa shape index (κ3) is 1.38. The first-order valence-electron chi connectivity index (χ1n) is 3.79. The molecule has 0 aromatic carbocycles. The van der Waals surface area contributed by atoms with Crippen molar-refractivity contribution in [2.75, 3.05) is 0 Å². The summed E-state index contributed by atoms with van der Waals surface area (Å²) >= 11 is 3.20. The van der Waals surface area contributed by atoms with Gasteiger partial charge >= 0.3 is 0 Å². The van der Waals surface area contributed by atoms with E-state index in [0.717, 1.165) is 0 Å². The molecule has 1 aromatic heterocycles. The molecule has 1 aliphatic carbocycles. The van der Waals surface area contributed by atoms with Crippen LogP contribution in [0.2, 0.25) is 0 Å². The van der Waals surface area contributed by atoms with Crippen molar-refractivity contribution in [3.05, 3.63) is 16.4 Å². The summed E-state index contributed by atoms with van der Waals surface area (Å²) in [5.41, 5.74) is 5.37. The molecule has 2 rings (SSSR count). The maximum absolute atomic E-state index is 12.6. The molecule has 6 heteroatoms. The van der Waals surface area contributed by atoms with Gasteiger partial charge in [-0.25, -0.2) is 8.78 Å². The van der Waals surface area contributed by atoms with Crippen LogP contribution in [0, 0.1) is 0 Å². The number of aromatic amines is 1. The van der Waals surface area contributed by atoms with E-state index in [1.807, 2.05) is 0 Å². The van der Waals surface area contributed by atoms with Gasteiger partial charge in [-0.2, -0.15) is 5.10 Å². The van der Waals surface area contributed by atoms with Crippen LogP contribution in [0.5, 0.6) is 0 Å². The van der Waals surface area contributed by atoms with Crippen molar-refractivity contribution in [1.82, 2.24) is 10.2 Å². The SMILES string of the molecule is NC1(c2[nH]ncc2Br)CC(F)(F)C1. The molecular weight excluding hydrogens is 244 g/mol. The summed E-state index contributed by atoms with van der Waals surface area (Å²) in [6.45, 7) is 0. The molecule has 0 bridgehead atoms. The molecule has 0 aliphatic heterocycles. The van der Waals surface area contributed by atoms with E-state index >= 15 is 0 Å². The summed E-state index contributed by atoms with van der Waals surface area (Å²) in [6.07, 6.45) is 0.877. The summed E-state index contributed by atoms with van der Waals surface area (Å²) in [7, 11) is 0.